The van der Waals surface area contributed by atoms with Crippen molar-refractivity contribution in [2.45, 2.75) is 19.3 Å². The van der Waals surface area contributed by atoms with Crippen molar-refractivity contribution in [2.75, 3.05) is 26.2 Å². The highest BCUT2D eigenvalue weighted by molar-refractivity contribution is 5.86. The first-order valence-electron chi connectivity index (χ1n) is 4.02. The Morgan fingerprint density at radius 2 is 1.62 bits per heavy atom. The topological polar surface area (TPSA) is 64.1 Å². The molecular formula is C7H22Cl3N3. The van der Waals surface area contributed by atoms with E-state index in [0.29, 0.717) is 0 Å². The molecule has 0 amide bonds. The molecule has 0 radical (unpaired) electrons. The average Bonchev–Trinajstić information content (AvgIpc) is 1.97. The standard InChI is InChI=1S/C7H19N3.3ClH/c8-4-1-2-6-10-7-3-5-9;;;/h10H,1-9H2;3*1H/i5+2;;;. The molecule has 0 saturated carbocycles. The average molecular weight is 257 g/mol. The summed E-state index contributed by atoms with van der Waals surface area (Å²) in [5.74, 6) is 0. The first-order chi connectivity index (χ1) is 4.91. The Morgan fingerprint density at radius 3 is 2.08 bits per heavy atom. The Labute approximate surface area is 99.6 Å². The van der Waals surface area contributed by atoms with Gasteiger partial charge in [0, 0.05) is 0 Å². The second-order valence-electron chi connectivity index (χ2n) is 2.39. The Balaban J connectivity index is -0.000000135. The summed E-state index contributed by atoms with van der Waals surface area (Å²) >= 11 is 0. The van der Waals surface area contributed by atoms with Crippen LogP contribution >= 0.6 is 37.2 Å². The number of unbranched alkanes of at least 4 members (excludes halogenated alkanes) is 1. The Morgan fingerprint density at radius 1 is 1.00 bits per heavy atom. The SMILES string of the molecule is Cl.Cl.Cl.NCCCCNCC[14CH2]N. The van der Waals surface area contributed by atoms with Crippen molar-refractivity contribution in [3.8, 4) is 0 Å². The van der Waals surface area contributed by atoms with E-state index in [2.05, 4.69) is 5.32 Å². The van der Waals surface area contributed by atoms with Gasteiger partial charge in [-0.25, -0.2) is 0 Å². The molecule has 5 N–H and O–H groups in total. The lowest BCUT2D eigenvalue weighted by Crippen LogP contribution is -2.19. The van der Waals surface area contributed by atoms with E-state index in [1.807, 2.05) is 0 Å². The molecule has 6 heteroatoms. The summed E-state index contributed by atoms with van der Waals surface area (Å²) in [6.45, 7) is 3.71. The van der Waals surface area contributed by atoms with Crippen molar-refractivity contribution in [2.24, 2.45) is 11.5 Å². The van der Waals surface area contributed by atoms with Crippen molar-refractivity contribution in [3.05, 3.63) is 0 Å². The van der Waals surface area contributed by atoms with Crippen LogP contribution in [0.2, 0.25) is 0 Å². The zero-order chi connectivity index (χ0) is 7.66. The van der Waals surface area contributed by atoms with E-state index in [-0.39, 0.29) is 37.2 Å². The van der Waals surface area contributed by atoms with Crippen LogP contribution < -0.4 is 16.8 Å². The highest BCUT2D eigenvalue weighted by Crippen LogP contribution is 1.81. The predicted molar refractivity (Wildman–Crippen MR) is 66.6 cm³/mol. The third kappa shape index (κ3) is 24.5. The summed E-state index contributed by atoms with van der Waals surface area (Å²) in [5.41, 5.74) is 10.6. The molecule has 0 saturated heterocycles. The number of halogens is 3. The molecule has 0 fully saturated rings. The van der Waals surface area contributed by atoms with E-state index in [1.165, 1.54) is 6.42 Å². The van der Waals surface area contributed by atoms with Gasteiger partial charge >= 0.3 is 0 Å². The van der Waals surface area contributed by atoms with Gasteiger partial charge in [0.25, 0.3) is 0 Å². The summed E-state index contributed by atoms with van der Waals surface area (Å²) in [4.78, 5) is 0. The molecule has 0 unspecified atom stereocenters. The monoisotopic (exact) mass is 255 g/mol. The number of hydrogen-bond acceptors (Lipinski definition) is 3. The van der Waals surface area contributed by atoms with Gasteiger partial charge in [-0.15, -0.1) is 37.2 Å². The van der Waals surface area contributed by atoms with Gasteiger partial charge in [-0.1, -0.05) is 0 Å². The van der Waals surface area contributed by atoms with Crippen LogP contribution in [0.25, 0.3) is 0 Å². The van der Waals surface area contributed by atoms with Crippen LogP contribution in [0.5, 0.6) is 0 Å². The maximum atomic E-state index is 5.32. The summed E-state index contributed by atoms with van der Waals surface area (Å²) in [6, 6.07) is 0. The van der Waals surface area contributed by atoms with Crippen molar-refractivity contribution in [1.29, 1.82) is 0 Å². The van der Waals surface area contributed by atoms with Crippen LogP contribution in [-0.2, 0) is 0 Å². The van der Waals surface area contributed by atoms with Crippen LogP contribution in [0.4, 0.5) is 0 Å². The molecule has 0 aliphatic rings. The first-order valence-corrected chi connectivity index (χ1v) is 4.02. The van der Waals surface area contributed by atoms with Gasteiger partial charge in [-0.2, -0.15) is 0 Å². The Bertz CT molecular complexity index is 58.9. The largest absolute Gasteiger partial charge is 0.330 e. The smallest absolute Gasteiger partial charge is 0.00369 e. The molecule has 0 bridgehead atoms. The third-order valence-corrected chi connectivity index (χ3v) is 1.37. The van der Waals surface area contributed by atoms with E-state index in [9.17, 15) is 0 Å². The second kappa shape index (κ2) is 23.0. The van der Waals surface area contributed by atoms with Crippen LogP contribution in [0.15, 0.2) is 0 Å². The molecule has 0 rings (SSSR count). The van der Waals surface area contributed by atoms with E-state index in [1.54, 1.807) is 0 Å². The van der Waals surface area contributed by atoms with Crippen LogP contribution in [-0.4, -0.2) is 26.2 Å². The van der Waals surface area contributed by atoms with Gasteiger partial charge in [0.1, 0.15) is 0 Å². The molecule has 86 valence electrons. The molecule has 0 atom stereocenters. The highest BCUT2D eigenvalue weighted by atomic mass is 35.5. The van der Waals surface area contributed by atoms with Crippen LogP contribution in [0, 0.1) is 0 Å². The van der Waals surface area contributed by atoms with Crippen LogP contribution in [0.1, 0.15) is 19.3 Å². The molecule has 0 aliphatic carbocycles. The normalized spacial score (nSPS) is 7.85. The molecule has 0 spiro atoms. The van der Waals surface area contributed by atoms with E-state index < -0.39 is 0 Å². The lowest BCUT2D eigenvalue weighted by molar-refractivity contribution is 0.611. The minimum atomic E-state index is 0. The molecular weight excluding hydrogens is 234 g/mol. The van der Waals surface area contributed by atoms with E-state index in [0.717, 1.165) is 39.0 Å². The molecule has 0 aromatic heterocycles. The van der Waals surface area contributed by atoms with Gasteiger partial charge in [0.15, 0.2) is 0 Å². The van der Waals surface area contributed by atoms with Crippen molar-refractivity contribution in [3.63, 3.8) is 0 Å². The van der Waals surface area contributed by atoms with E-state index >= 15 is 0 Å². The number of hydrogen-bond donors (Lipinski definition) is 3. The lowest BCUT2D eigenvalue weighted by Gasteiger charge is -2.01. The fourth-order valence-electron chi connectivity index (χ4n) is 0.746. The molecule has 0 aliphatic heterocycles. The maximum Gasteiger partial charge on any atom is -0.00369 e. The Hall–Kier alpha value is 0.750. The molecule has 0 heterocycles. The van der Waals surface area contributed by atoms with Crippen molar-refractivity contribution >= 4 is 37.2 Å². The highest BCUT2D eigenvalue weighted by Gasteiger charge is 1.85. The van der Waals surface area contributed by atoms with E-state index in [4.69, 9.17) is 11.5 Å². The third-order valence-electron chi connectivity index (χ3n) is 1.37. The Kier molecular flexibility index (Phi) is 41.6. The molecule has 3 nitrogen and oxygen atoms in total. The molecule has 13 heavy (non-hydrogen) atoms. The fourth-order valence-corrected chi connectivity index (χ4v) is 0.746. The quantitative estimate of drug-likeness (QED) is 0.594. The molecule has 0 aromatic carbocycles. The zero-order valence-electron chi connectivity index (χ0n) is 7.83. The summed E-state index contributed by atoms with van der Waals surface area (Å²) in [5, 5.41) is 3.29. The summed E-state index contributed by atoms with van der Waals surface area (Å²) < 4.78 is 0. The van der Waals surface area contributed by atoms with Crippen molar-refractivity contribution < 1.29 is 0 Å². The summed E-state index contributed by atoms with van der Waals surface area (Å²) in [6.07, 6.45) is 3.37. The number of rotatable bonds is 7. The maximum absolute atomic E-state index is 5.32. The van der Waals surface area contributed by atoms with Gasteiger partial charge in [0.05, 0.1) is 0 Å². The van der Waals surface area contributed by atoms with Crippen LogP contribution in [0.3, 0.4) is 0 Å². The van der Waals surface area contributed by atoms with Gasteiger partial charge in [-0.05, 0) is 45.4 Å². The lowest BCUT2D eigenvalue weighted by atomic mass is 10.3. The first kappa shape index (κ1) is 23.5. The minimum Gasteiger partial charge on any atom is -0.330 e. The number of nitrogens with one attached hydrogen (secondary N) is 1. The van der Waals surface area contributed by atoms with Gasteiger partial charge in [0.2, 0.25) is 0 Å². The van der Waals surface area contributed by atoms with Gasteiger partial charge < -0.3 is 16.8 Å². The van der Waals surface area contributed by atoms with Crippen molar-refractivity contribution in [1.82, 2.24) is 5.32 Å². The zero-order valence-corrected chi connectivity index (χ0v) is 10.3. The summed E-state index contributed by atoms with van der Waals surface area (Å²) in [7, 11) is 0. The predicted octanol–water partition coefficient (Wildman–Crippen LogP) is 0.929. The van der Waals surface area contributed by atoms with Gasteiger partial charge in [-0.3, -0.25) is 0 Å². The number of nitrogens with two attached hydrogens (primary N) is 2. The molecule has 0 aromatic rings. The fraction of sp³-hybridized carbons (Fsp3) is 1.00. The minimum absolute atomic E-state index is 0. The second-order valence-corrected chi connectivity index (χ2v) is 2.39.